The van der Waals surface area contributed by atoms with Gasteiger partial charge in [-0.2, -0.15) is 0 Å². The summed E-state index contributed by atoms with van der Waals surface area (Å²) >= 11 is 0. The Morgan fingerprint density at radius 2 is 2.15 bits per heavy atom. The first-order valence-corrected chi connectivity index (χ1v) is 6.76. The minimum absolute atomic E-state index is 0.337. The molecule has 1 saturated heterocycles. The lowest BCUT2D eigenvalue weighted by molar-refractivity contribution is 0.0342. The molecule has 0 amide bonds. The minimum Gasteiger partial charge on any atom is -0.464 e. The van der Waals surface area contributed by atoms with Crippen LogP contribution in [0.4, 0.5) is 0 Å². The Labute approximate surface area is 117 Å². The zero-order valence-electron chi connectivity index (χ0n) is 11.5. The second kappa shape index (κ2) is 5.64. The van der Waals surface area contributed by atoms with Crippen molar-refractivity contribution in [3.8, 4) is 0 Å². The molecule has 1 aromatic carbocycles. The summed E-state index contributed by atoms with van der Waals surface area (Å²) in [6, 6.07) is 8.05. The number of fused-ring (bicyclic) bond motifs is 1. The number of methoxy groups -OCH3 is 1. The number of morpholine rings is 1. The minimum atomic E-state index is -0.337. The third-order valence-electron chi connectivity index (χ3n) is 3.60. The van der Waals surface area contributed by atoms with Crippen LogP contribution in [0, 0.1) is 0 Å². The largest absolute Gasteiger partial charge is 0.464 e. The fraction of sp³-hybridized carbons (Fsp3) is 0.400. The topological polar surface area (TPSA) is 54.6 Å². The average molecular weight is 274 g/mol. The van der Waals surface area contributed by atoms with Crippen molar-refractivity contribution in [3.63, 3.8) is 0 Å². The van der Waals surface area contributed by atoms with Crippen LogP contribution in [0.5, 0.6) is 0 Å². The molecule has 1 aliphatic heterocycles. The standard InChI is InChI=1S/C15H18N2O3/c1-19-15(18)14-9-12-3-2-11(8-13(12)16-14)10-17-4-6-20-7-5-17/h2-3,8-9,16H,4-7,10H2,1H3. The summed E-state index contributed by atoms with van der Waals surface area (Å²) in [5.41, 5.74) is 2.69. The second-order valence-electron chi connectivity index (χ2n) is 4.98. The van der Waals surface area contributed by atoms with Gasteiger partial charge < -0.3 is 14.5 Å². The highest BCUT2D eigenvalue weighted by Crippen LogP contribution is 2.19. The first-order valence-electron chi connectivity index (χ1n) is 6.76. The number of carbonyl (C=O) groups excluding carboxylic acids is 1. The van der Waals surface area contributed by atoms with Gasteiger partial charge in [0.25, 0.3) is 0 Å². The summed E-state index contributed by atoms with van der Waals surface area (Å²) in [6.07, 6.45) is 0. The normalized spacial score (nSPS) is 16.4. The van der Waals surface area contributed by atoms with E-state index >= 15 is 0 Å². The van der Waals surface area contributed by atoms with E-state index in [0.717, 1.165) is 43.8 Å². The first-order chi connectivity index (χ1) is 9.76. The molecule has 2 heterocycles. The lowest BCUT2D eigenvalue weighted by Crippen LogP contribution is -2.35. The SMILES string of the molecule is COC(=O)c1cc2ccc(CN3CCOCC3)cc2[nH]1. The Bertz CT molecular complexity index is 615. The van der Waals surface area contributed by atoms with Crippen molar-refractivity contribution >= 4 is 16.9 Å². The van der Waals surface area contributed by atoms with Crippen LogP contribution in [0.2, 0.25) is 0 Å². The molecule has 1 aliphatic rings. The molecule has 106 valence electrons. The van der Waals surface area contributed by atoms with E-state index in [1.54, 1.807) is 0 Å². The van der Waals surface area contributed by atoms with Gasteiger partial charge in [-0.15, -0.1) is 0 Å². The summed E-state index contributed by atoms with van der Waals surface area (Å²) in [4.78, 5) is 17.0. The average Bonchev–Trinajstić information content (AvgIpc) is 2.90. The van der Waals surface area contributed by atoms with Crippen molar-refractivity contribution in [2.24, 2.45) is 0 Å². The van der Waals surface area contributed by atoms with Gasteiger partial charge in [-0.25, -0.2) is 4.79 Å². The number of hydrogen-bond acceptors (Lipinski definition) is 4. The number of rotatable bonds is 3. The molecular weight excluding hydrogens is 256 g/mol. The van der Waals surface area contributed by atoms with Crippen LogP contribution in [-0.2, 0) is 16.0 Å². The first kappa shape index (κ1) is 13.1. The van der Waals surface area contributed by atoms with E-state index in [9.17, 15) is 4.79 Å². The van der Waals surface area contributed by atoms with Crippen molar-refractivity contribution in [1.29, 1.82) is 0 Å². The number of H-pyrrole nitrogens is 1. The third-order valence-corrected chi connectivity index (χ3v) is 3.60. The molecule has 0 radical (unpaired) electrons. The molecule has 0 bridgehead atoms. The Hall–Kier alpha value is -1.85. The molecule has 0 unspecified atom stereocenters. The van der Waals surface area contributed by atoms with E-state index < -0.39 is 0 Å². The number of benzene rings is 1. The molecular formula is C15H18N2O3. The summed E-state index contributed by atoms with van der Waals surface area (Å²) in [5, 5.41) is 1.02. The zero-order valence-corrected chi connectivity index (χ0v) is 11.5. The number of aromatic nitrogens is 1. The lowest BCUT2D eigenvalue weighted by atomic mass is 10.1. The van der Waals surface area contributed by atoms with Gasteiger partial charge in [0.15, 0.2) is 0 Å². The van der Waals surface area contributed by atoms with Crippen LogP contribution in [0.15, 0.2) is 24.3 Å². The molecule has 1 aromatic heterocycles. The van der Waals surface area contributed by atoms with Crippen LogP contribution >= 0.6 is 0 Å². The van der Waals surface area contributed by atoms with Crippen LogP contribution in [0.25, 0.3) is 10.9 Å². The molecule has 5 nitrogen and oxygen atoms in total. The number of carbonyl (C=O) groups is 1. The van der Waals surface area contributed by atoms with Gasteiger partial charge in [-0.3, -0.25) is 4.90 Å². The third kappa shape index (κ3) is 2.69. The maximum absolute atomic E-state index is 11.5. The quantitative estimate of drug-likeness (QED) is 0.867. The van der Waals surface area contributed by atoms with Crippen molar-refractivity contribution < 1.29 is 14.3 Å². The molecule has 0 spiro atoms. The van der Waals surface area contributed by atoms with Gasteiger partial charge in [0.05, 0.1) is 20.3 Å². The number of aromatic amines is 1. The number of hydrogen-bond donors (Lipinski definition) is 1. The number of esters is 1. The lowest BCUT2D eigenvalue weighted by Gasteiger charge is -2.26. The molecule has 0 aliphatic carbocycles. The van der Waals surface area contributed by atoms with Crippen LogP contribution in [0.1, 0.15) is 16.1 Å². The smallest absolute Gasteiger partial charge is 0.354 e. The van der Waals surface area contributed by atoms with Crippen molar-refractivity contribution in [2.75, 3.05) is 33.4 Å². The van der Waals surface area contributed by atoms with Gasteiger partial charge in [-0.1, -0.05) is 12.1 Å². The summed E-state index contributed by atoms with van der Waals surface area (Å²) in [7, 11) is 1.39. The number of ether oxygens (including phenoxy) is 2. The predicted molar refractivity (Wildman–Crippen MR) is 75.7 cm³/mol. The predicted octanol–water partition coefficient (Wildman–Crippen LogP) is 1.79. The Balaban J connectivity index is 1.80. The van der Waals surface area contributed by atoms with Crippen molar-refractivity contribution in [2.45, 2.75) is 6.54 Å². The molecule has 20 heavy (non-hydrogen) atoms. The molecule has 0 atom stereocenters. The van der Waals surface area contributed by atoms with Crippen LogP contribution < -0.4 is 0 Å². The van der Waals surface area contributed by atoms with Gasteiger partial charge in [0.1, 0.15) is 5.69 Å². The molecule has 0 saturated carbocycles. The molecule has 5 heteroatoms. The van der Waals surface area contributed by atoms with E-state index in [1.807, 2.05) is 12.1 Å². The Morgan fingerprint density at radius 3 is 2.90 bits per heavy atom. The maximum atomic E-state index is 11.5. The molecule has 3 rings (SSSR count). The van der Waals surface area contributed by atoms with E-state index in [1.165, 1.54) is 12.7 Å². The van der Waals surface area contributed by atoms with Gasteiger partial charge in [-0.05, 0) is 17.7 Å². The van der Waals surface area contributed by atoms with Crippen LogP contribution in [0.3, 0.4) is 0 Å². The highest BCUT2D eigenvalue weighted by atomic mass is 16.5. The van der Waals surface area contributed by atoms with Gasteiger partial charge in [0, 0.05) is 30.5 Å². The monoisotopic (exact) mass is 274 g/mol. The van der Waals surface area contributed by atoms with Gasteiger partial charge >= 0.3 is 5.97 Å². The molecule has 2 aromatic rings. The van der Waals surface area contributed by atoms with Crippen LogP contribution in [-0.4, -0.2) is 49.3 Å². The fourth-order valence-corrected chi connectivity index (χ4v) is 2.51. The molecule has 1 fully saturated rings. The number of nitrogens with one attached hydrogen (secondary N) is 1. The van der Waals surface area contributed by atoms with Crippen molar-refractivity contribution in [3.05, 3.63) is 35.5 Å². The summed E-state index contributed by atoms with van der Waals surface area (Å²) in [6.45, 7) is 4.45. The Morgan fingerprint density at radius 1 is 1.35 bits per heavy atom. The number of nitrogens with zero attached hydrogens (tertiary/aromatic N) is 1. The maximum Gasteiger partial charge on any atom is 0.354 e. The van der Waals surface area contributed by atoms with Gasteiger partial charge in [0.2, 0.25) is 0 Å². The van der Waals surface area contributed by atoms with E-state index in [2.05, 4.69) is 22.0 Å². The Kier molecular flexibility index (Phi) is 3.71. The summed E-state index contributed by atoms with van der Waals surface area (Å²) < 4.78 is 10.1. The second-order valence-corrected chi connectivity index (χ2v) is 4.98. The highest BCUT2D eigenvalue weighted by molar-refractivity contribution is 5.94. The fourth-order valence-electron chi connectivity index (χ4n) is 2.51. The zero-order chi connectivity index (χ0) is 13.9. The van der Waals surface area contributed by atoms with Crippen molar-refractivity contribution in [1.82, 2.24) is 9.88 Å². The van der Waals surface area contributed by atoms with E-state index in [-0.39, 0.29) is 5.97 Å². The van der Waals surface area contributed by atoms with E-state index in [4.69, 9.17) is 9.47 Å². The summed E-state index contributed by atoms with van der Waals surface area (Å²) in [5.74, 6) is -0.337. The van der Waals surface area contributed by atoms with E-state index in [0.29, 0.717) is 5.69 Å². The molecule has 1 N–H and O–H groups in total. The highest BCUT2D eigenvalue weighted by Gasteiger charge is 2.12.